The van der Waals surface area contributed by atoms with E-state index in [0.717, 1.165) is 18.6 Å². The first kappa shape index (κ1) is 12.4. The molecule has 1 aliphatic rings. The molecule has 2 heterocycles. The molecule has 1 aliphatic heterocycles. The van der Waals surface area contributed by atoms with Crippen LogP contribution in [-0.2, 0) is 11.2 Å². The minimum Gasteiger partial charge on any atom is -0.421 e. The predicted octanol–water partition coefficient (Wildman–Crippen LogP) is 3.16. The summed E-state index contributed by atoms with van der Waals surface area (Å²) in [6.45, 7) is 2.70. The fourth-order valence-corrected chi connectivity index (χ4v) is 2.43. The van der Waals surface area contributed by atoms with Crippen molar-refractivity contribution in [1.29, 1.82) is 0 Å². The van der Waals surface area contributed by atoms with Gasteiger partial charge in [0.1, 0.15) is 0 Å². The van der Waals surface area contributed by atoms with E-state index in [4.69, 9.17) is 9.15 Å². The van der Waals surface area contributed by atoms with Crippen molar-refractivity contribution in [3.05, 3.63) is 35.7 Å². The van der Waals surface area contributed by atoms with Crippen LogP contribution in [-0.4, -0.2) is 22.9 Å². The number of ether oxygens (including phenoxy) is 1. The van der Waals surface area contributed by atoms with Crippen molar-refractivity contribution in [3.63, 3.8) is 0 Å². The maximum atomic E-state index is 5.76. The zero-order valence-electron chi connectivity index (χ0n) is 11.1. The molecule has 4 nitrogen and oxygen atoms in total. The van der Waals surface area contributed by atoms with Gasteiger partial charge in [0.25, 0.3) is 0 Å². The maximum absolute atomic E-state index is 5.76. The zero-order valence-corrected chi connectivity index (χ0v) is 11.1. The van der Waals surface area contributed by atoms with Gasteiger partial charge in [0.15, 0.2) is 0 Å². The Hall–Kier alpha value is -1.68. The van der Waals surface area contributed by atoms with Gasteiger partial charge in [0.05, 0.1) is 6.10 Å². The molecule has 100 valence electrons. The molecule has 0 radical (unpaired) electrons. The van der Waals surface area contributed by atoms with Gasteiger partial charge in [-0.25, -0.2) is 0 Å². The lowest BCUT2D eigenvalue weighted by molar-refractivity contribution is 0.0168. The normalized spacial score (nSPS) is 19.5. The van der Waals surface area contributed by atoms with Gasteiger partial charge >= 0.3 is 0 Å². The Morgan fingerprint density at radius 2 is 2.00 bits per heavy atom. The van der Waals surface area contributed by atoms with E-state index in [1.54, 1.807) is 6.92 Å². The fraction of sp³-hybridized carbons (Fsp3) is 0.467. The summed E-state index contributed by atoms with van der Waals surface area (Å²) in [5.74, 6) is 1.17. The molecule has 0 unspecified atom stereocenters. The van der Waals surface area contributed by atoms with E-state index in [1.165, 1.54) is 24.8 Å². The molecule has 0 spiro atoms. The number of rotatable bonds is 3. The third kappa shape index (κ3) is 3.01. The van der Waals surface area contributed by atoms with Crippen LogP contribution in [0.15, 0.2) is 28.7 Å². The van der Waals surface area contributed by atoms with Crippen LogP contribution in [0.1, 0.15) is 30.7 Å². The summed E-state index contributed by atoms with van der Waals surface area (Å²) in [7, 11) is 0. The van der Waals surface area contributed by atoms with E-state index in [1.807, 2.05) is 12.1 Å². The van der Waals surface area contributed by atoms with Crippen LogP contribution in [0.3, 0.4) is 0 Å². The lowest BCUT2D eigenvalue weighted by Crippen LogP contribution is -2.21. The summed E-state index contributed by atoms with van der Waals surface area (Å²) < 4.78 is 11.2. The molecule has 0 amide bonds. The van der Waals surface area contributed by atoms with Crippen molar-refractivity contribution in [3.8, 4) is 11.5 Å². The Balaban J connectivity index is 1.68. The average Bonchev–Trinajstić information content (AvgIpc) is 2.87. The van der Waals surface area contributed by atoms with Crippen LogP contribution in [0.25, 0.3) is 11.5 Å². The van der Waals surface area contributed by atoms with Crippen LogP contribution >= 0.6 is 0 Å². The molecule has 4 heteroatoms. The van der Waals surface area contributed by atoms with Crippen LogP contribution in [0.4, 0.5) is 0 Å². The van der Waals surface area contributed by atoms with E-state index in [0.29, 0.717) is 17.9 Å². The number of benzene rings is 1. The van der Waals surface area contributed by atoms with Crippen molar-refractivity contribution >= 4 is 0 Å². The highest BCUT2D eigenvalue weighted by Crippen LogP contribution is 2.21. The lowest BCUT2D eigenvalue weighted by atomic mass is 10.0. The molecule has 0 bridgehead atoms. The molecule has 1 aromatic heterocycles. The first-order valence-electron chi connectivity index (χ1n) is 6.82. The molecular formula is C15H18N2O2. The van der Waals surface area contributed by atoms with Gasteiger partial charge in [-0.15, -0.1) is 10.2 Å². The largest absolute Gasteiger partial charge is 0.421 e. The van der Waals surface area contributed by atoms with E-state index < -0.39 is 0 Å². The Bertz CT molecular complexity index is 527. The van der Waals surface area contributed by atoms with Gasteiger partial charge in [-0.1, -0.05) is 12.1 Å². The van der Waals surface area contributed by atoms with Gasteiger partial charge in [0.2, 0.25) is 11.8 Å². The number of aromatic nitrogens is 2. The van der Waals surface area contributed by atoms with E-state index in [9.17, 15) is 0 Å². The molecule has 0 aliphatic carbocycles. The monoisotopic (exact) mass is 258 g/mol. The lowest BCUT2D eigenvalue weighted by Gasteiger charge is -2.22. The number of nitrogens with zero attached hydrogens (tertiary/aromatic N) is 2. The average molecular weight is 258 g/mol. The van der Waals surface area contributed by atoms with Gasteiger partial charge in [0, 0.05) is 19.1 Å². The number of hydrogen-bond acceptors (Lipinski definition) is 4. The van der Waals surface area contributed by atoms with Crippen molar-refractivity contribution < 1.29 is 9.15 Å². The van der Waals surface area contributed by atoms with Crippen molar-refractivity contribution in [2.45, 2.75) is 38.7 Å². The summed E-state index contributed by atoms with van der Waals surface area (Å²) in [5.41, 5.74) is 2.26. The van der Waals surface area contributed by atoms with Crippen LogP contribution in [0, 0.1) is 6.92 Å². The quantitative estimate of drug-likeness (QED) is 0.848. The highest BCUT2D eigenvalue weighted by molar-refractivity contribution is 5.52. The predicted molar refractivity (Wildman–Crippen MR) is 71.8 cm³/mol. The summed E-state index contributed by atoms with van der Waals surface area (Å²) >= 11 is 0. The Kier molecular flexibility index (Phi) is 3.60. The van der Waals surface area contributed by atoms with Gasteiger partial charge in [-0.3, -0.25) is 0 Å². The van der Waals surface area contributed by atoms with Gasteiger partial charge in [-0.2, -0.15) is 0 Å². The van der Waals surface area contributed by atoms with Gasteiger partial charge < -0.3 is 9.15 Å². The third-order valence-electron chi connectivity index (χ3n) is 3.46. The van der Waals surface area contributed by atoms with Crippen molar-refractivity contribution in [2.24, 2.45) is 0 Å². The van der Waals surface area contributed by atoms with E-state index in [2.05, 4.69) is 22.3 Å². The topological polar surface area (TPSA) is 48.2 Å². The molecule has 1 atom stereocenters. The fourth-order valence-electron chi connectivity index (χ4n) is 2.43. The molecule has 1 saturated heterocycles. The Morgan fingerprint density at radius 1 is 1.16 bits per heavy atom. The second kappa shape index (κ2) is 5.53. The number of hydrogen-bond donors (Lipinski definition) is 0. The van der Waals surface area contributed by atoms with E-state index in [-0.39, 0.29) is 0 Å². The maximum Gasteiger partial charge on any atom is 0.247 e. The Labute approximate surface area is 112 Å². The summed E-state index contributed by atoms with van der Waals surface area (Å²) in [5, 5.41) is 7.86. The summed E-state index contributed by atoms with van der Waals surface area (Å²) in [6, 6.07) is 8.30. The number of aryl methyl sites for hydroxylation is 1. The smallest absolute Gasteiger partial charge is 0.247 e. The molecule has 2 aromatic rings. The van der Waals surface area contributed by atoms with Crippen LogP contribution in [0.2, 0.25) is 0 Å². The first-order chi connectivity index (χ1) is 9.31. The highest BCUT2D eigenvalue weighted by Gasteiger charge is 2.14. The molecule has 0 N–H and O–H groups in total. The SMILES string of the molecule is Cc1nnc(-c2ccc(C[C@@H]3CCCCO3)cc2)o1. The van der Waals surface area contributed by atoms with Gasteiger partial charge in [-0.05, 0) is 43.4 Å². The first-order valence-corrected chi connectivity index (χ1v) is 6.82. The molecular weight excluding hydrogens is 240 g/mol. The van der Waals surface area contributed by atoms with Crippen LogP contribution < -0.4 is 0 Å². The third-order valence-corrected chi connectivity index (χ3v) is 3.46. The van der Waals surface area contributed by atoms with Crippen molar-refractivity contribution in [1.82, 2.24) is 10.2 Å². The van der Waals surface area contributed by atoms with E-state index >= 15 is 0 Å². The van der Waals surface area contributed by atoms with Crippen molar-refractivity contribution in [2.75, 3.05) is 6.61 Å². The zero-order chi connectivity index (χ0) is 13.1. The molecule has 1 aromatic carbocycles. The standard InChI is InChI=1S/C15H18N2O2/c1-11-16-17-15(19-11)13-7-5-12(6-8-13)10-14-4-2-3-9-18-14/h5-8,14H,2-4,9-10H2,1H3/t14-/m0/s1. The molecule has 1 fully saturated rings. The molecule has 0 saturated carbocycles. The summed E-state index contributed by atoms with van der Waals surface area (Å²) in [4.78, 5) is 0. The Morgan fingerprint density at radius 3 is 2.63 bits per heavy atom. The minimum absolute atomic E-state index is 0.380. The minimum atomic E-state index is 0.380. The highest BCUT2D eigenvalue weighted by atomic mass is 16.5. The summed E-state index contributed by atoms with van der Waals surface area (Å²) in [6.07, 6.45) is 5.02. The second-order valence-electron chi connectivity index (χ2n) is 5.02. The molecule has 19 heavy (non-hydrogen) atoms. The molecule has 3 rings (SSSR count). The van der Waals surface area contributed by atoms with Crippen LogP contribution in [0.5, 0.6) is 0 Å². The second-order valence-corrected chi connectivity index (χ2v) is 5.02.